The molecule has 1 heterocycles. The van der Waals surface area contributed by atoms with Crippen LogP contribution in [0.5, 0.6) is 0 Å². The molecule has 18 heavy (non-hydrogen) atoms. The summed E-state index contributed by atoms with van der Waals surface area (Å²) >= 11 is 0. The summed E-state index contributed by atoms with van der Waals surface area (Å²) < 4.78 is 4.95. The van der Waals surface area contributed by atoms with Gasteiger partial charge in [0, 0.05) is 38.0 Å². The number of aromatic nitrogens is 1. The van der Waals surface area contributed by atoms with E-state index in [2.05, 4.69) is 10.3 Å². The lowest BCUT2D eigenvalue weighted by Gasteiger charge is -2.14. The average molecular weight is 246 g/mol. The Morgan fingerprint density at radius 2 is 2.28 bits per heavy atom. The molecule has 0 saturated carbocycles. The minimum atomic E-state index is -0.533. The van der Waals surface area contributed by atoms with E-state index in [9.17, 15) is 5.11 Å². The van der Waals surface area contributed by atoms with Crippen LogP contribution < -0.4 is 5.32 Å². The fourth-order valence-corrected chi connectivity index (χ4v) is 1.95. The zero-order valence-electron chi connectivity index (χ0n) is 10.5. The van der Waals surface area contributed by atoms with Crippen LogP contribution in [0.2, 0.25) is 0 Å². The van der Waals surface area contributed by atoms with E-state index in [1.165, 1.54) is 0 Å². The number of benzene rings is 1. The number of methoxy groups -OCH3 is 1. The van der Waals surface area contributed by atoms with Gasteiger partial charge in [-0.1, -0.05) is 18.2 Å². The number of pyridine rings is 1. The van der Waals surface area contributed by atoms with Gasteiger partial charge in [0.15, 0.2) is 0 Å². The molecular weight excluding hydrogens is 228 g/mol. The fourth-order valence-electron chi connectivity index (χ4n) is 1.95. The predicted molar refractivity (Wildman–Crippen MR) is 71.4 cm³/mol. The van der Waals surface area contributed by atoms with Crippen molar-refractivity contribution in [2.24, 2.45) is 0 Å². The van der Waals surface area contributed by atoms with Gasteiger partial charge in [0.25, 0.3) is 0 Å². The molecule has 0 aliphatic carbocycles. The number of hydrogen-bond donors (Lipinski definition) is 2. The minimum Gasteiger partial charge on any atom is -0.387 e. The number of fused-ring (bicyclic) bond motifs is 1. The molecule has 0 saturated heterocycles. The Morgan fingerprint density at radius 1 is 1.39 bits per heavy atom. The molecule has 0 spiro atoms. The van der Waals surface area contributed by atoms with Gasteiger partial charge in [0.05, 0.1) is 12.7 Å². The Hall–Kier alpha value is -1.49. The molecule has 0 bridgehead atoms. The highest BCUT2D eigenvalue weighted by atomic mass is 16.5. The van der Waals surface area contributed by atoms with E-state index in [4.69, 9.17) is 4.74 Å². The molecule has 0 aliphatic heterocycles. The van der Waals surface area contributed by atoms with E-state index in [1.807, 2.05) is 24.3 Å². The van der Waals surface area contributed by atoms with Gasteiger partial charge < -0.3 is 15.2 Å². The molecule has 4 nitrogen and oxygen atoms in total. The van der Waals surface area contributed by atoms with Gasteiger partial charge in [-0.05, 0) is 17.0 Å². The fraction of sp³-hybridized carbons (Fsp3) is 0.357. The standard InChI is InChI=1S/C14H18N2O2/c1-18-8-7-16-10-14(17)12-4-2-3-11-5-6-15-9-13(11)12/h2-6,9,14,16-17H,7-8,10H2,1H3. The van der Waals surface area contributed by atoms with Gasteiger partial charge in [0.1, 0.15) is 0 Å². The van der Waals surface area contributed by atoms with Gasteiger partial charge in [-0.25, -0.2) is 0 Å². The Labute approximate surface area is 107 Å². The molecule has 96 valence electrons. The smallest absolute Gasteiger partial charge is 0.0920 e. The van der Waals surface area contributed by atoms with Crippen molar-refractivity contribution < 1.29 is 9.84 Å². The van der Waals surface area contributed by atoms with Gasteiger partial charge in [-0.3, -0.25) is 4.98 Å². The molecule has 1 unspecified atom stereocenters. The molecule has 2 N–H and O–H groups in total. The molecule has 4 heteroatoms. The van der Waals surface area contributed by atoms with Crippen molar-refractivity contribution in [1.82, 2.24) is 10.3 Å². The van der Waals surface area contributed by atoms with Crippen molar-refractivity contribution in [1.29, 1.82) is 0 Å². The summed E-state index contributed by atoms with van der Waals surface area (Å²) in [4.78, 5) is 4.11. The van der Waals surface area contributed by atoms with Crippen LogP contribution in [0.3, 0.4) is 0 Å². The zero-order chi connectivity index (χ0) is 12.8. The van der Waals surface area contributed by atoms with Crippen LogP contribution in [-0.2, 0) is 4.74 Å². The topological polar surface area (TPSA) is 54.4 Å². The maximum Gasteiger partial charge on any atom is 0.0920 e. The summed E-state index contributed by atoms with van der Waals surface area (Å²) in [5, 5.41) is 15.4. The summed E-state index contributed by atoms with van der Waals surface area (Å²) in [6.07, 6.45) is 3.02. The van der Waals surface area contributed by atoms with Crippen molar-refractivity contribution in [2.75, 3.05) is 26.8 Å². The zero-order valence-corrected chi connectivity index (χ0v) is 10.5. The Balaban J connectivity index is 2.10. The predicted octanol–water partition coefficient (Wildman–Crippen LogP) is 1.50. The lowest BCUT2D eigenvalue weighted by Crippen LogP contribution is -2.25. The van der Waals surface area contributed by atoms with Crippen molar-refractivity contribution >= 4 is 10.8 Å². The van der Waals surface area contributed by atoms with E-state index in [-0.39, 0.29) is 0 Å². The number of rotatable bonds is 6. The highest BCUT2D eigenvalue weighted by molar-refractivity contribution is 5.85. The number of hydrogen-bond acceptors (Lipinski definition) is 4. The van der Waals surface area contributed by atoms with Crippen LogP contribution in [0.15, 0.2) is 36.7 Å². The second kappa shape index (κ2) is 6.44. The number of ether oxygens (including phenoxy) is 1. The summed E-state index contributed by atoms with van der Waals surface area (Å²) in [7, 11) is 1.66. The highest BCUT2D eigenvalue weighted by Crippen LogP contribution is 2.22. The van der Waals surface area contributed by atoms with Gasteiger partial charge in [0.2, 0.25) is 0 Å². The van der Waals surface area contributed by atoms with E-state index in [0.29, 0.717) is 13.2 Å². The van der Waals surface area contributed by atoms with Crippen molar-refractivity contribution in [2.45, 2.75) is 6.10 Å². The molecular formula is C14H18N2O2. The molecule has 2 aromatic rings. The van der Waals surface area contributed by atoms with E-state index in [0.717, 1.165) is 22.9 Å². The Bertz CT molecular complexity index is 497. The third kappa shape index (κ3) is 3.04. The summed E-state index contributed by atoms with van der Waals surface area (Å²) in [5.74, 6) is 0. The Morgan fingerprint density at radius 3 is 3.11 bits per heavy atom. The first-order valence-corrected chi connectivity index (χ1v) is 6.03. The van der Waals surface area contributed by atoms with Gasteiger partial charge in [-0.2, -0.15) is 0 Å². The van der Waals surface area contributed by atoms with Gasteiger partial charge in [-0.15, -0.1) is 0 Å². The monoisotopic (exact) mass is 246 g/mol. The molecule has 1 aromatic carbocycles. The SMILES string of the molecule is COCCNCC(O)c1cccc2ccncc12. The van der Waals surface area contributed by atoms with Crippen LogP contribution >= 0.6 is 0 Å². The van der Waals surface area contributed by atoms with Crippen LogP contribution in [0.1, 0.15) is 11.7 Å². The first-order valence-electron chi connectivity index (χ1n) is 6.03. The largest absolute Gasteiger partial charge is 0.387 e. The maximum atomic E-state index is 10.2. The number of nitrogens with one attached hydrogen (secondary N) is 1. The third-order valence-electron chi connectivity index (χ3n) is 2.90. The molecule has 0 amide bonds. The highest BCUT2D eigenvalue weighted by Gasteiger charge is 2.10. The second-order valence-electron chi connectivity index (χ2n) is 4.16. The molecule has 2 rings (SSSR count). The van der Waals surface area contributed by atoms with E-state index >= 15 is 0 Å². The average Bonchev–Trinajstić information content (AvgIpc) is 2.43. The first-order chi connectivity index (χ1) is 8.83. The number of aliphatic hydroxyl groups is 1. The van der Waals surface area contributed by atoms with Crippen LogP contribution in [0, 0.1) is 0 Å². The normalized spacial score (nSPS) is 12.8. The summed E-state index contributed by atoms with van der Waals surface area (Å²) in [6, 6.07) is 7.86. The molecule has 1 atom stereocenters. The lowest BCUT2D eigenvalue weighted by atomic mass is 10.0. The summed E-state index contributed by atoms with van der Waals surface area (Å²) in [6.45, 7) is 1.89. The number of aliphatic hydroxyl groups excluding tert-OH is 1. The van der Waals surface area contributed by atoms with Crippen molar-refractivity contribution in [3.63, 3.8) is 0 Å². The molecule has 0 aliphatic rings. The summed E-state index contributed by atoms with van der Waals surface area (Å²) in [5.41, 5.74) is 0.908. The minimum absolute atomic E-state index is 0.511. The molecule has 0 fully saturated rings. The Kier molecular flexibility index (Phi) is 4.64. The van der Waals surface area contributed by atoms with Crippen molar-refractivity contribution in [3.05, 3.63) is 42.2 Å². The van der Waals surface area contributed by atoms with Gasteiger partial charge >= 0.3 is 0 Å². The van der Waals surface area contributed by atoms with E-state index < -0.39 is 6.10 Å². The molecule has 1 aromatic heterocycles. The first kappa shape index (κ1) is 13.0. The second-order valence-corrected chi connectivity index (χ2v) is 4.16. The quantitative estimate of drug-likeness (QED) is 0.758. The van der Waals surface area contributed by atoms with Crippen LogP contribution in [-0.4, -0.2) is 36.9 Å². The van der Waals surface area contributed by atoms with Crippen LogP contribution in [0.4, 0.5) is 0 Å². The third-order valence-corrected chi connectivity index (χ3v) is 2.90. The lowest BCUT2D eigenvalue weighted by molar-refractivity contribution is 0.162. The van der Waals surface area contributed by atoms with Crippen LogP contribution in [0.25, 0.3) is 10.8 Å². The van der Waals surface area contributed by atoms with E-state index in [1.54, 1.807) is 19.5 Å². The van der Waals surface area contributed by atoms with Crippen molar-refractivity contribution in [3.8, 4) is 0 Å². The number of nitrogens with zero attached hydrogens (tertiary/aromatic N) is 1. The molecule has 0 radical (unpaired) electrons. The maximum absolute atomic E-state index is 10.2.